The summed E-state index contributed by atoms with van der Waals surface area (Å²) in [6.07, 6.45) is 6.10. The minimum Gasteiger partial charge on any atom is -0.317 e. The van der Waals surface area contributed by atoms with Gasteiger partial charge in [0.1, 0.15) is 0 Å². The Bertz CT molecular complexity index is 96.9. The summed E-state index contributed by atoms with van der Waals surface area (Å²) in [5.41, 5.74) is 0. The first-order valence-electron chi connectivity index (χ1n) is 5.11. The highest BCUT2D eigenvalue weighted by Gasteiger charge is 1.90. The lowest BCUT2D eigenvalue weighted by Gasteiger charge is -2.09. The van der Waals surface area contributed by atoms with Gasteiger partial charge in [-0.25, -0.2) is 0 Å². The summed E-state index contributed by atoms with van der Waals surface area (Å²) in [7, 11) is 4.25. The second-order valence-corrected chi connectivity index (χ2v) is 4.59. The molecule has 0 radical (unpaired) electrons. The van der Waals surface area contributed by atoms with E-state index in [1.807, 2.05) is 11.8 Å². The van der Waals surface area contributed by atoms with Crippen LogP contribution in [0.15, 0.2) is 0 Å². The van der Waals surface area contributed by atoms with E-state index in [-0.39, 0.29) is 0 Å². The van der Waals surface area contributed by atoms with E-state index < -0.39 is 0 Å². The standard InChI is InChI=1S/C10H24N2S/c1-12(2)9-6-8-11-7-4-5-10-13-3/h11H,4-10H2,1-3H3. The molecule has 13 heavy (non-hydrogen) atoms. The summed E-state index contributed by atoms with van der Waals surface area (Å²) < 4.78 is 0. The van der Waals surface area contributed by atoms with E-state index in [4.69, 9.17) is 0 Å². The molecule has 0 heterocycles. The van der Waals surface area contributed by atoms with E-state index in [1.165, 1.54) is 38.1 Å². The molecule has 0 saturated heterocycles. The third kappa shape index (κ3) is 12.3. The predicted molar refractivity (Wildman–Crippen MR) is 63.7 cm³/mol. The molecule has 0 rings (SSSR count). The highest BCUT2D eigenvalue weighted by Crippen LogP contribution is 1.97. The molecular weight excluding hydrogens is 180 g/mol. The molecule has 0 atom stereocenters. The van der Waals surface area contributed by atoms with E-state index in [9.17, 15) is 0 Å². The molecule has 0 fully saturated rings. The zero-order valence-electron chi connectivity index (χ0n) is 9.31. The van der Waals surface area contributed by atoms with Gasteiger partial charge in [0.15, 0.2) is 0 Å². The molecule has 1 N–H and O–H groups in total. The minimum atomic E-state index is 1.16. The van der Waals surface area contributed by atoms with Gasteiger partial charge in [0.05, 0.1) is 0 Å². The van der Waals surface area contributed by atoms with E-state index in [0.29, 0.717) is 0 Å². The third-order valence-corrected chi connectivity index (χ3v) is 2.61. The summed E-state index contributed by atoms with van der Waals surface area (Å²) >= 11 is 1.94. The van der Waals surface area contributed by atoms with Crippen molar-refractivity contribution in [2.24, 2.45) is 0 Å². The van der Waals surface area contributed by atoms with Gasteiger partial charge in [-0.05, 0) is 65.0 Å². The van der Waals surface area contributed by atoms with E-state index in [1.54, 1.807) is 0 Å². The van der Waals surface area contributed by atoms with Crippen LogP contribution < -0.4 is 5.32 Å². The van der Waals surface area contributed by atoms with Crippen molar-refractivity contribution in [1.82, 2.24) is 10.2 Å². The molecule has 0 unspecified atom stereocenters. The second-order valence-electron chi connectivity index (χ2n) is 3.61. The lowest BCUT2D eigenvalue weighted by atomic mass is 10.3. The number of rotatable bonds is 9. The Hall–Kier alpha value is 0.270. The van der Waals surface area contributed by atoms with Crippen molar-refractivity contribution in [1.29, 1.82) is 0 Å². The molecule has 0 aliphatic carbocycles. The summed E-state index contributed by atoms with van der Waals surface area (Å²) in [6, 6.07) is 0. The monoisotopic (exact) mass is 204 g/mol. The maximum absolute atomic E-state index is 3.46. The van der Waals surface area contributed by atoms with Gasteiger partial charge in [0.2, 0.25) is 0 Å². The van der Waals surface area contributed by atoms with Crippen LogP contribution in [0.2, 0.25) is 0 Å². The van der Waals surface area contributed by atoms with Gasteiger partial charge in [-0.3, -0.25) is 0 Å². The Morgan fingerprint density at radius 3 is 2.38 bits per heavy atom. The molecule has 3 heteroatoms. The SMILES string of the molecule is CSCCCCNCCCN(C)C. The maximum Gasteiger partial charge on any atom is -0.00127 e. The summed E-state index contributed by atoms with van der Waals surface area (Å²) in [6.45, 7) is 3.54. The molecule has 0 saturated carbocycles. The van der Waals surface area contributed by atoms with Crippen LogP contribution in [0.5, 0.6) is 0 Å². The Labute approximate surface area is 87.5 Å². The molecule has 0 aromatic carbocycles. The molecule has 0 aliphatic heterocycles. The summed E-state index contributed by atoms with van der Waals surface area (Å²) in [4.78, 5) is 2.23. The molecule has 0 aliphatic rings. The highest BCUT2D eigenvalue weighted by atomic mass is 32.2. The zero-order valence-corrected chi connectivity index (χ0v) is 10.1. The van der Waals surface area contributed by atoms with Crippen LogP contribution in [0.1, 0.15) is 19.3 Å². The van der Waals surface area contributed by atoms with Gasteiger partial charge in [-0.2, -0.15) is 11.8 Å². The van der Waals surface area contributed by atoms with Crippen molar-refractivity contribution < 1.29 is 0 Å². The van der Waals surface area contributed by atoms with Crippen LogP contribution in [-0.2, 0) is 0 Å². The predicted octanol–water partition coefficient (Wildman–Crippen LogP) is 1.67. The first-order valence-corrected chi connectivity index (χ1v) is 6.51. The second kappa shape index (κ2) is 10.4. The van der Waals surface area contributed by atoms with Crippen molar-refractivity contribution in [2.45, 2.75) is 19.3 Å². The Morgan fingerprint density at radius 2 is 1.77 bits per heavy atom. The van der Waals surface area contributed by atoms with Crippen LogP contribution >= 0.6 is 11.8 Å². The molecule has 0 spiro atoms. The number of hydrogen-bond acceptors (Lipinski definition) is 3. The lowest BCUT2D eigenvalue weighted by molar-refractivity contribution is 0.394. The van der Waals surface area contributed by atoms with Crippen LogP contribution in [0.4, 0.5) is 0 Å². The van der Waals surface area contributed by atoms with E-state index in [0.717, 1.165) is 6.54 Å². The summed E-state index contributed by atoms with van der Waals surface area (Å²) in [5, 5.41) is 3.46. The van der Waals surface area contributed by atoms with Crippen molar-refractivity contribution in [3.63, 3.8) is 0 Å². The Balaban J connectivity index is 2.84. The molecule has 0 aromatic rings. The van der Waals surface area contributed by atoms with Crippen molar-refractivity contribution in [3.05, 3.63) is 0 Å². The van der Waals surface area contributed by atoms with Gasteiger partial charge >= 0.3 is 0 Å². The maximum atomic E-state index is 3.46. The fourth-order valence-electron chi connectivity index (χ4n) is 1.14. The third-order valence-electron chi connectivity index (χ3n) is 1.91. The minimum absolute atomic E-state index is 1.16. The largest absolute Gasteiger partial charge is 0.317 e. The highest BCUT2D eigenvalue weighted by molar-refractivity contribution is 7.98. The number of unbranched alkanes of at least 4 members (excludes halogenated alkanes) is 1. The molecule has 80 valence electrons. The molecular formula is C10H24N2S. The van der Waals surface area contributed by atoms with Crippen LogP contribution in [0, 0.1) is 0 Å². The zero-order chi connectivity index (χ0) is 9.94. The normalized spacial score (nSPS) is 11.1. The fourth-order valence-corrected chi connectivity index (χ4v) is 1.63. The van der Waals surface area contributed by atoms with E-state index >= 15 is 0 Å². The first-order chi connectivity index (χ1) is 6.27. The topological polar surface area (TPSA) is 15.3 Å². The van der Waals surface area contributed by atoms with Crippen LogP contribution in [0.3, 0.4) is 0 Å². The number of thioether (sulfide) groups is 1. The molecule has 0 bridgehead atoms. The van der Waals surface area contributed by atoms with Gasteiger partial charge < -0.3 is 10.2 Å². The number of hydrogen-bond donors (Lipinski definition) is 1. The summed E-state index contributed by atoms with van der Waals surface area (Å²) in [5.74, 6) is 1.30. The van der Waals surface area contributed by atoms with Crippen molar-refractivity contribution >= 4 is 11.8 Å². The van der Waals surface area contributed by atoms with Crippen LogP contribution in [0.25, 0.3) is 0 Å². The molecule has 0 aromatic heterocycles. The lowest BCUT2D eigenvalue weighted by Crippen LogP contribution is -2.22. The van der Waals surface area contributed by atoms with E-state index in [2.05, 4.69) is 30.6 Å². The van der Waals surface area contributed by atoms with Crippen molar-refractivity contribution in [3.8, 4) is 0 Å². The fraction of sp³-hybridized carbons (Fsp3) is 1.00. The van der Waals surface area contributed by atoms with Gasteiger partial charge in [0, 0.05) is 0 Å². The molecule has 0 amide bonds. The average molecular weight is 204 g/mol. The van der Waals surface area contributed by atoms with Crippen LogP contribution in [-0.4, -0.2) is 50.6 Å². The number of nitrogens with one attached hydrogen (secondary N) is 1. The van der Waals surface area contributed by atoms with Gasteiger partial charge in [-0.15, -0.1) is 0 Å². The van der Waals surface area contributed by atoms with Gasteiger partial charge in [-0.1, -0.05) is 0 Å². The average Bonchev–Trinajstić information content (AvgIpc) is 2.09. The Morgan fingerprint density at radius 1 is 1.08 bits per heavy atom. The quantitative estimate of drug-likeness (QED) is 0.575. The smallest absolute Gasteiger partial charge is 0.00127 e. The number of nitrogens with zero attached hydrogens (tertiary/aromatic N) is 1. The van der Waals surface area contributed by atoms with Crippen molar-refractivity contribution in [2.75, 3.05) is 45.7 Å². The Kier molecular flexibility index (Phi) is 10.6. The van der Waals surface area contributed by atoms with Gasteiger partial charge in [0.25, 0.3) is 0 Å². The molecule has 2 nitrogen and oxygen atoms in total. The first kappa shape index (κ1) is 13.3.